The largest absolute Gasteiger partial charge is 0.371 e. The highest BCUT2D eigenvalue weighted by Crippen LogP contribution is 2.35. The Morgan fingerprint density at radius 2 is 1.86 bits per heavy atom. The lowest BCUT2D eigenvalue weighted by Gasteiger charge is -2.47. The number of aryl methyl sites for hydroxylation is 1. The molecule has 1 atom stereocenters. The maximum atomic E-state index is 13.0. The van der Waals surface area contributed by atoms with Crippen LogP contribution in [0.4, 0.5) is 5.69 Å². The molecule has 0 radical (unpaired) electrons. The Bertz CT molecular complexity index is 502. The number of carbonyl (C=O) groups is 1. The van der Waals surface area contributed by atoms with Gasteiger partial charge in [0.1, 0.15) is 5.54 Å². The van der Waals surface area contributed by atoms with Crippen LogP contribution in [-0.2, 0) is 4.79 Å². The molecule has 1 aliphatic carbocycles. The van der Waals surface area contributed by atoms with Crippen molar-refractivity contribution < 1.29 is 4.79 Å². The quantitative estimate of drug-likeness (QED) is 0.918. The van der Waals surface area contributed by atoms with Gasteiger partial charge < -0.3 is 10.2 Å². The summed E-state index contributed by atoms with van der Waals surface area (Å²) in [6.45, 7) is 5.17. The van der Waals surface area contributed by atoms with Crippen molar-refractivity contribution in [3.63, 3.8) is 0 Å². The minimum Gasteiger partial charge on any atom is -0.371 e. The summed E-state index contributed by atoms with van der Waals surface area (Å²) in [5.41, 5.74) is 1.95. The second-order valence-corrected chi connectivity index (χ2v) is 6.77. The standard InChI is InChI=1S/C18H26N2O/c1-14-6-8-16(9-7-14)19-18(11-4-3-5-12-18)17(21)20-13-10-15(20)2/h6-9,15,19H,3-5,10-13H2,1-2H3. The molecular formula is C18H26N2O. The average Bonchev–Trinajstić information content (AvgIpc) is 2.49. The van der Waals surface area contributed by atoms with Crippen molar-refractivity contribution in [1.82, 2.24) is 4.90 Å². The Hall–Kier alpha value is -1.51. The van der Waals surface area contributed by atoms with Gasteiger partial charge in [-0.05, 0) is 45.2 Å². The van der Waals surface area contributed by atoms with Crippen LogP contribution in [0.15, 0.2) is 24.3 Å². The molecule has 1 aromatic carbocycles. The van der Waals surface area contributed by atoms with E-state index < -0.39 is 0 Å². The van der Waals surface area contributed by atoms with Crippen molar-refractivity contribution in [2.75, 3.05) is 11.9 Å². The Balaban J connectivity index is 1.82. The maximum Gasteiger partial charge on any atom is 0.248 e. The first-order chi connectivity index (χ1) is 10.1. The van der Waals surface area contributed by atoms with Gasteiger partial charge in [0.05, 0.1) is 0 Å². The zero-order chi connectivity index (χ0) is 14.9. The van der Waals surface area contributed by atoms with Gasteiger partial charge in [-0.2, -0.15) is 0 Å². The summed E-state index contributed by atoms with van der Waals surface area (Å²) in [5, 5.41) is 3.60. The van der Waals surface area contributed by atoms with E-state index >= 15 is 0 Å². The summed E-state index contributed by atoms with van der Waals surface area (Å²) in [4.78, 5) is 15.1. The molecule has 0 spiro atoms. The first kappa shape index (κ1) is 14.4. The predicted octanol–water partition coefficient (Wildman–Crippen LogP) is 3.73. The second kappa shape index (κ2) is 5.70. The van der Waals surface area contributed by atoms with E-state index in [4.69, 9.17) is 0 Å². The zero-order valence-corrected chi connectivity index (χ0v) is 13.2. The molecule has 3 heteroatoms. The van der Waals surface area contributed by atoms with Crippen molar-refractivity contribution in [1.29, 1.82) is 0 Å². The highest BCUT2D eigenvalue weighted by atomic mass is 16.2. The fraction of sp³-hybridized carbons (Fsp3) is 0.611. The molecule has 0 bridgehead atoms. The third kappa shape index (κ3) is 2.78. The molecular weight excluding hydrogens is 260 g/mol. The highest BCUT2D eigenvalue weighted by Gasteiger charge is 2.45. The molecule has 2 fully saturated rings. The number of anilines is 1. The van der Waals surface area contributed by atoms with Gasteiger partial charge in [0.15, 0.2) is 0 Å². The summed E-state index contributed by atoms with van der Waals surface area (Å²) in [5.74, 6) is 0.321. The SMILES string of the molecule is Cc1ccc(NC2(C(=O)N3CCC3C)CCCCC2)cc1. The number of carbonyl (C=O) groups excluding carboxylic acids is 1. The smallest absolute Gasteiger partial charge is 0.248 e. The molecule has 1 aliphatic heterocycles. The fourth-order valence-electron chi connectivity index (χ4n) is 3.55. The van der Waals surface area contributed by atoms with Gasteiger partial charge in [0.2, 0.25) is 5.91 Å². The van der Waals surface area contributed by atoms with E-state index in [1.54, 1.807) is 0 Å². The lowest BCUT2D eigenvalue weighted by atomic mass is 9.79. The van der Waals surface area contributed by atoms with E-state index in [1.807, 2.05) is 0 Å². The fourth-order valence-corrected chi connectivity index (χ4v) is 3.55. The Kier molecular flexibility index (Phi) is 3.92. The maximum absolute atomic E-state index is 13.0. The number of hydrogen-bond acceptors (Lipinski definition) is 2. The van der Waals surface area contributed by atoms with Crippen molar-refractivity contribution in [2.24, 2.45) is 0 Å². The molecule has 1 saturated heterocycles. The van der Waals surface area contributed by atoms with Crippen LogP contribution in [0.25, 0.3) is 0 Å². The van der Waals surface area contributed by atoms with Gasteiger partial charge in [-0.15, -0.1) is 0 Å². The third-order valence-electron chi connectivity index (χ3n) is 5.13. The van der Waals surface area contributed by atoms with Crippen molar-refractivity contribution in [3.05, 3.63) is 29.8 Å². The van der Waals surface area contributed by atoms with Gasteiger partial charge in [0.25, 0.3) is 0 Å². The number of nitrogens with zero attached hydrogens (tertiary/aromatic N) is 1. The highest BCUT2D eigenvalue weighted by molar-refractivity contribution is 5.90. The van der Waals surface area contributed by atoms with Crippen LogP contribution >= 0.6 is 0 Å². The van der Waals surface area contributed by atoms with Crippen LogP contribution in [0.5, 0.6) is 0 Å². The number of hydrogen-bond donors (Lipinski definition) is 1. The molecule has 3 nitrogen and oxygen atoms in total. The van der Waals surface area contributed by atoms with Crippen molar-refractivity contribution in [3.8, 4) is 0 Å². The predicted molar refractivity (Wildman–Crippen MR) is 86.4 cm³/mol. The number of rotatable bonds is 3. The molecule has 1 amide bonds. The average molecular weight is 286 g/mol. The molecule has 1 heterocycles. The molecule has 0 aromatic heterocycles. The summed E-state index contributed by atoms with van der Waals surface area (Å²) in [6.07, 6.45) is 6.61. The topological polar surface area (TPSA) is 32.3 Å². The van der Waals surface area contributed by atoms with Gasteiger partial charge in [-0.25, -0.2) is 0 Å². The number of benzene rings is 1. The number of nitrogens with one attached hydrogen (secondary N) is 1. The number of likely N-dealkylation sites (tertiary alicyclic amines) is 1. The lowest BCUT2D eigenvalue weighted by Crippen LogP contribution is -2.61. The monoisotopic (exact) mass is 286 g/mol. The second-order valence-electron chi connectivity index (χ2n) is 6.77. The van der Waals surface area contributed by atoms with Crippen LogP contribution in [-0.4, -0.2) is 28.9 Å². The molecule has 21 heavy (non-hydrogen) atoms. The summed E-state index contributed by atoms with van der Waals surface area (Å²) in [6, 6.07) is 8.82. The summed E-state index contributed by atoms with van der Waals surface area (Å²) < 4.78 is 0. The minimum absolute atomic E-state index is 0.321. The first-order valence-electron chi connectivity index (χ1n) is 8.27. The van der Waals surface area contributed by atoms with Crippen LogP contribution in [0.2, 0.25) is 0 Å². The van der Waals surface area contributed by atoms with Crippen LogP contribution in [0.1, 0.15) is 51.0 Å². The zero-order valence-electron chi connectivity index (χ0n) is 13.2. The van der Waals surface area contributed by atoms with E-state index in [0.29, 0.717) is 11.9 Å². The van der Waals surface area contributed by atoms with Gasteiger partial charge in [-0.3, -0.25) is 4.79 Å². The molecule has 1 aromatic rings. The normalized spacial score (nSPS) is 24.3. The Labute approximate surface area is 127 Å². The summed E-state index contributed by atoms with van der Waals surface area (Å²) in [7, 11) is 0. The van der Waals surface area contributed by atoms with Crippen LogP contribution in [0.3, 0.4) is 0 Å². The van der Waals surface area contributed by atoms with Crippen LogP contribution < -0.4 is 5.32 Å². The van der Waals surface area contributed by atoms with Crippen LogP contribution in [0, 0.1) is 6.92 Å². The van der Waals surface area contributed by atoms with Gasteiger partial charge in [-0.1, -0.05) is 37.0 Å². The Morgan fingerprint density at radius 1 is 1.19 bits per heavy atom. The van der Waals surface area contributed by atoms with E-state index in [-0.39, 0.29) is 5.54 Å². The van der Waals surface area contributed by atoms with Crippen molar-refractivity contribution >= 4 is 11.6 Å². The Morgan fingerprint density at radius 3 is 2.38 bits per heavy atom. The summed E-state index contributed by atoms with van der Waals surface area (Å²) >= 11 is 0. The number of amides is 1. The first-order valence-corrected chi connectivity index (χ1v) is 8.27. The molecule has 114 valence electrons. The molecule has 1 unspecified atom stereocenters. The minimum atomic E-state index is -0.373. The lowest BCUT2D eigenvalue weighted by molar-refractivity contribution is -0.144. The third-order valence-corrected chi connectivity index (χ3v) is 5.13. The molecule has 1 saturated carbocycles. The van der Waals surface area contributed by atoms with E-state index in [0.717, 1.165) is 44.3 Å². The van der Waals surface area contributed by atoms with E-state index in [1.165, 1.54) is 12.0 Å². The van der Waals surface area contributed by atoms with E-state index in [2.05, 4.69) is 48.3 Å². The molecule has 3 rings (SSSR count). The molecule has 2 aliphatic rings. The van der Waals surface area contributed by atoms with Gasteiger partial charge in [0, 0.05) is 18.3 Å². The van der Waals surface area contributed by atoms with Gasteiger partial charge >= 0.3 is 0 Å². The van der Waals surface area contributed by atoms with Crippen molar-refractivity contribution in [2.45, 2.75) is 64.0 Å². The molecule has 1 N–H and O–H groups in total. The van der Waals surface area contributed by atoms with E-state index in [9.17, 15) is 4.79 Å².